The van der Waals surface area contributed by atoms with E-state index < -0.39 is 36.1 Å². The molecule has 0 saturated carbocycles. The zero-order valence-corrected chi connectivity index (χ0v) is 15.8. The molecule has 0 radical (unpaired) electrons. The van der Waals surface area contributed by atoms with Gasteiger partial charge < -0.3 is 18.9 Å². The van der Waals surface area contributed by atoms with Crippen LogP contribution in [0.15, 0.2) is 30.5 Å². The van der Waals surface area contributed by atoms with Crippen molar-refractivity contribution >= 4 is 11.8 Å². The summed E-state index contributed by atoms with van der Waals surface area (Å²) in [7, 11) is 1.56. The fourth-order valence-corrected chi connectivity index (χ4v) is 3.52. The summed E-state index contributed by atoms with van der Waals surface area (Å²) in [4.78, 5) is 12.2. The number of fused-ring (bicyclic) bond motifs is 1. The summed E-state index contributed by atoms with van der Waals surface area (Å²) >= 11 is 0. The smallest absolute Gasteiger partial charge is 0.416 e. The van der Waals surface area contributed by atoms with E-state index in [1.54, 1.807) is 18.0 Å². The summed E-state index contributed by atoms with van der Waals surface area (Å²) in [6.45, 7) is 0.714. The predicted octanol–water partition coefficient (Wildman–Crippen LogP) is 2.40. The summed E-state index contributed by atoms with van der Waals surface area (Å²) < 4.78 is 61.9. The van der Waals surface area contributed by atoms with Crippen molar-refractivity contribution in [3.63, 3.8) is 0 Å². The van der Waals surface area contributed by atoms with Gasteiger partial charge in [-0.2, -0.15) is 13.2 Å². The lowest BCUT2D eigenvalue weighted by atomic mass is 10.1. The number of hydrogen-bond donors (Lipinski definition) is 1. The van der Waals surface area contributed by atoms with E-state index in [1.807, 2.05) is 0 Å². The van der Waals surface area contributed by atoms with Gasteiger partial charge in [0.05, 0.1) is 31.6 Å². The minimum Gasteiger partial charge on any atom is -0.441 e. The number of nitrogens with one attached hydrogen (secondary N) is 1. The van der Waals surface area contributed by atoms with E-state index in [4.69, 9.17) is 18.9 Å². The number of nitrogens with zero attached hydrogens (tertiary/aromatic N) is 3. The SMILES string of the molecule is COCc1cn([C@H]2CO[C@H]3[C@@H]2OC[C@H]3OC(=O)Nc2cccc(C(F)(F)F)c2)nn1. The molecule has 2 aromatic rings. The van der Waals surface area contributed by atoms with Crippen LogP contribution in [0.25, 0.3) is 0 Å². The van der Waals surface area contributed by atoms with Crippen LogP contribution in [0.3, 0.4) is 0 Å². The topological polar surface area (TPSA) is 96.7 Å². The highest BCUT2D eigenvalue weighted by Gasteiger charge is 2.50. The Morgan fingerprint density at radius 2 is 2.10 bits per heavy atom. The van der Waals surface area contributed by atoms with Crippen molar-refractivity contribution in [2.75, 3.05) is 25.6 Å². The molecule has 4 rings (SSSR count). The molecule has 2 fully saturated rings. The van der Waals surface area contributed by atoms with Gasteiger partial charge in [0.2, 0.25) is 0 Å². The standard InChI is InChI=1S/C18H19F3N4O5/c1-27-7-12-6-25(24-23-12)13-8-28-16-14(9-29-15(13)16)30-17(26)22-11-4-2-3-10(5-11)18(19,20)21/h2-6,13-16H,7-9H2,1H3,(H,22,26)/t13-,14+,15+,16+/m0/s1. The van der Waals surface area contributed by atoms with Crippen LogP contribution >= 0.6 is 0 Å². The van der Waals surface area contributed by atoms with Crippen molar-refractivity contribution in [1.82, 2.24) is 15.0 Å². The van der Waals surface area contributed by atoms with Crippen molar-refractivity contribution < 1.29 is 36.9 Å². The van der Waals surface area contributed by atoms with Gasteiger partial charge >= 0.3 is 12.3 Å². The van der Waals surface area contributed by atoms with Crippen molar-refractivity contribution in [1.29, 1.82) is 0 Å². The molecule has 4 atom stereocenters. The number of amides is 1. The first kappa shape index (κ1) is 20.6. The summed E-state index contributed by atoms with van der Waals surface area (Å²) in [5.41, 5.74) is -0.233. The maximum Gasteiger partial charge on any atom is 0.416 e. The van der Waals surface area contributed by atoms with Crippen LogP contribution in [0.2, 0.25) is 0 Å². The third-order valence-corrected chi connectivity index (χ3v) is 4.87. The van der Waals surface area contributed by atoms with E-state index in [0.717, 1.165) is 12.1 Å². The first-order valence-electron chi connectivity index (χ1n) is 9.13. The van der Waals surface area contributed by atoms with E-state index in [9.17, 15) is 18.0 Å². The van der Waals surface area contributed by atoms with Gasteiger partial charge in [0.1, 0.15) is 23.9 Å². The molecule has 3 heterocycles. The molecule has 9 nitrogen and oxygen atoms in total. The number of aromatic nitrogens is 3. The van der Waals surface area contributed by atoms with Crippen LogP contribution in [-0.2, 0) is 31.7 Å². The first-order valence-corrected chi connectivity index (χ1v) is 9.13. The molecule has 1 N–H and O–H groups in total. The molecule has 1 aromatic heterocycles. The van der Waals surface area contributed by atoms with Crippen molar-refractivity contribution in [3.05, 3.63) is 41.7 Å². The molecule has 2 aliphatic heterocycles. The maximum absolute atomic E-state index is 12.8. The van der Waals surface area contributed by atoms with Gasteiger partial charge in [-0.25, -0.2) is 9.48 Å². The average molecular weight is 428 g/mol. The first-order chi connectivity index (χ1) is 14.3. The number of benzene rings is 1. The Morgan fingerprint density at radius 3 is 2.87 bits per heavy atom. The molecule has 12 heteroatoms. The molecule has 162 valence electrons. The maximum atomic E-state index is 12.8. The Balaban J connectivity index is 1.36. The molecule has 2 saturated heterocycles. The Morgan fingerprint density at radius 1 is 1.30 bits per heavy atom. The molecule has 1 aromatic carbocycles. The lowest BCUT2D eigenvalue weighted by Gasteiger charge is -2.17. The zero-order valence-electron chi connectivity index (χ0n) is 15.8. The molecule has 0 unspecified atom stereocenters. The number of alkyl halides is 3. The fourth-order valence-electron chi connectivity index (χ4n) is 3.52. The Kier molecular flexibility index (Phi) is 5.62. The van der Waals surface area contributed by atoms with Gasteiger partial charge in [-0.1, -0.05) is 11.3 Å². The Bertz CT molecular complexity index is 906. The van der Waals surface area contributed by atoms with Crippen LogP contribution in [0.1, 0.15) is 17.3 Å². The van der Waals surface area contributed by atoms with Gasteiger partial charge in [-0.3, -0.25) is 5.32 Å². The number of anilines is 1. The molecule has 0 aliphatic carbocycles. The fraction of sp³-hybridized carbons (Fsp3) is 0.500. The summed E-state index contributed by atoms with van der Waals surface area (Å²) in [6, 6.07) is 4.05. The molecule has 2 aliphatic rings. The molecule has 30 heavy (non-hydrogen) atoms. The van der Waals surface area contributed by atoms with Crippen LogP contribution in [0, 0.1) is 0 Å². The van der Waals surface area contributed by atoms with Gasteiger partial charge in [-0.15, -0.1) is 5.10 Å². The quantitative estimate of drug-likeness (QED) is 0.781. The van der Waals surface area contributed by atoms with Crippen LogP contribution in [0.5, 0.6) is 0 Å². The highest BCUT2D eigenvalue weighted by Crippen LogP contribution is 2.35. The van der Waals surface area contributed by atoms with Crippen LogP contribution < -0.4 is 5.32 Å². The van der Waals surface area contributed by atoms with Gasteiger partial charge in [-0.05, 0) is 18.2 Å². The van der Waals surface area contributed by atoms with E-state index >= 15 is 0 Å². The van der Waals surface area contributed by atoms with Gasteiger partial charge in [0.25, 0.3) is 0 Å². The summed E-state index contributed by atoms with van der Waals surface area (Å²) in [5, 5.41) is 10.4. The van der Waals surface area contributed by atoms with Gasteiger partial charge in [0, 0.05) is 12.8 Å². The van der Waals surface area contributed by atoms with E-state index in [0.29, 0.717) is 18.9 Å². The average Bonchev–Trinajstić information content (AvgIpc) is 3.39. The third-order valence-electron chi connectivity index (χ3n) is 4.87. The van der Waals surface area contributed by atoms with Crippen LogP contribution in [-0.4, -0.2) is 59.7 Å². The molecule has 0 spiro atoms. The molecular weight excluding hydrogens is 409 g/mol. The second-order valence-electron chi connectivity index (χ2n) is 6.93. The number of carbonyl (C=O) groups is 1. The normalized spacial score (nSPS) is 25.9. The number of methoxy groups -OCH3 is 1. The van der Waals surface area contributed by atoms with E-state index in [-0.39, 0.29) is 18.3 Å². The third kappa shape index (κ3) is 4.25. The number of ether oxygens (including phenoxy) is 4. The number of carbonyl (C=O) groups excluding carboxylic acids is 1. The molecule has 1 amide bonds. The zero-order chi connectivity index (χ0) is 21.3. The van der Waals surface area contributed by atoms with Crippen molar-refractivity contribution in [2.45, 2.75) is 37.1 Å². The minimum absolute atomic E-state index is 0.0243. The van der Waals surface area contributed by atoms with Crippen LogP contribution in [0.4, 0.5) is 23.7 Å². The monoisotopic (exact) mass is 428 g/mol. The predicted molar refractivity (Wildman–Crippen MR) is 94.6 cm³/mol. The second kappa shape index (κ2) is 8.20. The number of hydrogen-bond acceptors (Lipinski definition) is 7. The number of halogens is 3. The molecular formula is C18H19F3N4O5. The van der Waals surface area contributed by atoms with E-state index in [1.165, 1.54) is 12.1 Å². The highest BCUT2D eigenvalue weighted by atomic mass is 19.4. The Labute approximate surface area is 169 Å². The highest BCUT2D eigenvalue weighted by molar-refractivity contribution is 5.84. The minimum atomic E-state index is -4.51. The largest absolute Gasteiger partial charge is 0.441 e. The van der Waals surface area contributed by atoms with Gasteiger partial charge in [0.15, 0.2) is 6.10 Å². The summed E-state index contributed by atoms with van der Waals surface area (Å²) in [5.74, 6) is 0. The van der Waals surface area contributed by atoms with Crippen molar-refractivity contribution in [2.24, 2.45) is 0 Å². The second-order valence-corrected chi connectivity index (χ2v) is 6.93. The number of rotatable bonds is 5. The lowest BCUT2D eigenvalue weighted by Crippen LogP contribution is -2.34. The lowest BCUT2D eigenvalue weighted by molar-refractivity contribution is -0.137. The Hall–Kier alpha value is -2.70. The summed E-state index contributed by atoms with van der Waals surface area (Å²) in [6.07, 6.45) is -5.28. The van der Waals surface area contributed by atoms with E-state index in [2.05, 4.69) is 15.6 Å². The van der Waals surface area contributed by atoms with Crippen molar-refractivity contribution in [3.8, 4) is 0 Å². The molecule has 0 bridgehead atoms.